The summed E-state index contributed by atoms with van der Waals surface area (Å²) >= 11 is 0. The molecule has 0 saturated carbocycles. The standard InChI is InChI=1S/C24H19FN2O2/c1-29-21-13-11-20(12-14-21)27-23(16-26-19-5-3-2-4-6-19)22(15-24(27)28)17-7-9-18(25)10-8-17/h2-16,28H,1H3. The summed E-state index contributed by atoms with van der Waals surface area (Å²) in [5.74, 6) is 0.467. The highest BCUT2D eigenvalue weighted by Crippen LogP contribution is 2.33. The molecule has 0 bridgehead atoms. The van der Waals surface area contributed by atoms with E-state index in [1.807, 2.05) is 54.6 Å². The maximum Gasteiger partial charge on any atom is 0.196 e. The lowest BCUT2D eigenvalue weighted by Gasteiger charge is -2.10. The van der Waals surface area contributed by atoms with Crippen LogP contribution in [0, 0.1) is 5.82 Å². The first-order valence-corrected chi connectivity index (χ1v) is 9.10. The zero-order valence-electron chi connectivity index (χ0n) is 15.8. The highest BCUT2D eigenvalue weighted by Gasteiger charge is 2.16. The van der Waals surface area contributed by atoms with E-state index in [0.717, 1.165) is 28.3 Å². The number of nitrogens with zero attached hydrogens (tertiary/aromatic N) is 2. The van der Waals surface area contributed by atoms with Crippen molar-refractivity contribution >= 4 is 11.9 Å². The summed E-state index contributed by atoms with van der Waals surface area (Å²) in [6.07, 6.45) is 1.71. The fraction of sp³-hybridized carbons (Fsp3) is 0.0417. The molecule has 0 fully saturated rings. The third kappa shape index (κ3) is 3.89. The fourth-order valence-corrected chi connectivity index (χ4v) is 3.15. The second-order valence-corrected chi connectivity index (χ2v) is 6.44. The SMILES string of the molecule is COc1ccc(-n2c(O)cc(-c3ccc(F)cc3)c2C=Nc2ccccc2)cc1. The van der Waals surface area contributed by atoms with Crippen LogP contribution in [-0.4, -0.2) is 23.0 Å². The number of aliphatic imine (C=N–C) groups is 1. The molecule has 5 heteroatoms. The lowest BCUT2D eigenvalue weighted by molar-refractivity contribution is 0.414. The van der Waals surface area contributed by atoms with Gasteiger partial charge in [-0.3, -0.25) is 9.56 Å². The Kier molecular flexibility index (Phi) is 5.12. The van der Waals surface area contributed by atoms with Crippen LogP contribution in [0.2, 0.25) is 0 Å². The van der Waals surface area contributed by atoms with Crippen molar-refractivity contribution in [2.75, 3.05) is 7.11 Å². The van der Waals surface area contributed by atoms with Gasteiger partial charge >= 0.3 is 0 Å². The van der Waals surface area contributed by atoms with Crippen molar-refractivity contribution in [1.29, 1.82) is 0 Å². The fourth-order valence-electron chi connectivity index (χ4n) is 3.15. The first kappa shape index (κ1) is 18.5. The van der Waals surface area contributed by atoms with E-state index in [4.69, 9.17) is 4.74 Å². The van der Waals surface area contributed by atoms with Crippen LogP contribution in [0.4, 0.5) is 10.1 Å². The first-order valence-electron chi connectivity index (χ1n) is 9.10. The molecule has 0 unspecified atom stereocenters. The van der Waals surface area contributed by atoms with Crippen LogP contribution in [-0.2, 0) is 0 Å². The Morgan fingerprint density at radius 3 is 2.28 bits per heavy atom. The van der Waals surface area contributed by atoms with Crippen LogP contribution in [0.5, 0.6) is 11.6 Å². The van der Waals surface area contributed by atoms with Crippen molar-refractivity contribution in [3.8, 4) is 28.4 Å². The van der Waals surface area contributed by atoms with Crippen molar-refractivity contribution in [3.05, 3.63) is 96.4 Å². The van der Waals surface area contributed by atoms with Gasteiger partial charge in [-0.05, 0) is 54.1 Å². The Bertz CT molecular complexity index is 1130. The first-order chi connectivity index (χ1) is 14.2. The number of benzene rings is 3. The van der Waals surface area contributed by atoms with E-state index >= 15 is 0 Å². The van der Waals surface area contributed by atoms with E-state index in [0.29, 0.717) is 5.69 Å². The second kappa shape index (κ2) is 8.02. The van der Waals surface area contributed by atoms with E-state index in [9.17, 15) is 9.50 Å². The summed E-state index contributed by atoms with van der Waals surface area (Å²) in [6.45, 7) is 0. The summed E-state index contributed by atoms with van der Waals surface area (Å²) in [6, 6.07) is 24.7. The molecular formula is C24H19FN2O2. The minimum Gasteiger partial charge on any atom is -0.497 e. The molecule has 0 aliphatic rings. The molecule has 0 radical (unpaired) electrons. The Labute approximate surface area is 168 Å². The van der Waals surface area contributed by atoms with E-state index < -0.39 is 0 Å². The van der Waals surface area contributed by atoms with Gasteiger partial charge in [-0.25, -0.2) is 4.39 Å². The van der Waals surface area contributed by atoms with Gasteiger partial charge in [-0.15, -0.1) is 0 Å². The molecule has 0 spiro atoms. The van der Waals surface area contributed by atoms with E-state index in [1.165, 1.54) is 12.1 Å². The average molecular weight is 386 g/mol. The van der Waals surface area contributed by atoms with Crippen LogP contribution in [0.1, 0.15) is 5.69 Å². The number of hydrogen-bond acceptors (Lipinski definition) is 3. The zero-order valence-corrected chi connectivity index (χ0v) is 15.8. The predicted octanol–water partition coefficient (Wildman–Crippen LogP) is 5.75. The summed E-state index contributed by atoms with van der Waals surface area (Å²) in [5.41, 5.74) is 3.76. The maximum atomic E-state index is 13.4. The molecule has 1 heterocycles. The van der Waals surface area contributed by atoms with Crippen molar-refractivity contribution in [1.82, 2.24) is 4.57 Å². The van der Waals surface area contributed by atoms with Gasteiger partial charge in [-0.1, -0.05) is 30.3 Å². The smallest absolute Gasteiger partial charge is 0.196 e. The molecule has 0 aliphatic heterocycles. The number of rotatable bonds is 5. The summed E-state index contributed by atoms with van der Waals surface area (Å²) in [5, 5.41) is 10.7. The molecule has 4 nitrogen and oxygen atoms in total. The number of methoxy groups -OCH3 is 1. The summed E-state index contributed by atoms with van der Waals surface area (Å²) in [7, 11) is 1.60. The Balaban J connectivity index is 1.87. The van der Waals surface area contributed by atoms with Gasteiger partial charge in [0.1, 0.15) is 11.6 Å². The van der Waals surface area contributed by atoms with Gasteiger partial charge in [0.05, 0.1) is 24.7 Å². The lowest BCUT2D eigenvalue weighted by Crippen LogP contribution is -2.00. The number of para-hydroxylation sites is 1. The number of ether oxygens (including phenoxy) is 1. The third-order valence-electron chi connectivity index (χ3n) is 4.60. The van der Waals surface area contributed by atoms with Crippen LogP contribution in [0.25, 0.3) is 16.8 Å². The van der Waals surface area contributed by atoms with E-state index in [-0.39, 0.29) is 11.7 Å². The summed E-state index contributed by atoms with van der Waals surface area (Å²) in [4.78, 5) is 4.56. The highest BCUT2D eigenvalue weighted by molar-refractivity contribution is 5.92. The van der Waals surface area contributed by atoms with Gasteiger partial charge in [0, 0.05) is 17.3 Å². The van der Waals surface area contributed by atoms with Crippen LogP contribution >= 0.6 is 0 Å². The Hall–Kier alpha value is -3.86. The quantitative estimate of drug-likeness (QED) is 0.444. The molecule has 1 N–H and O–H groups in total. The molecule has 0 saturated heterocycles. The van der Waals surface area contributed by atoms with Crippen LogP contribution < -0.4 is 4.74 Å². The van der Waals surface area contributed by atoms with Gasteiger partial charge in [0.15, 0.2) is 5.88 Å². The average Bonchev–Trinajstić information content (AvgIpc) is 3.09. The molecule has 0 atom stereocenters. The molecule has 29 heavy (non-hydrogen) atoms. The summed E-state index contributed by atoms with van der Waals surface area (Å²) < 4.78 is 20.3. The van der Waals surface area contributed by atoms with Crippen LogP contribution in [0.3, 0.4) is 0 Å². The minimum absolute atomic E-state index is 0.0593. The number of hydrogen-bond donors (Lipinski definition) is 1. The largest absolute Gasteiger partial charge is 0.497 e. The maximum absolute atomic E-state index is 13.4. The predicted molar refractivity (Wildman–Crippen MR) is 113 cm³/mol. The molecule has 4 aromatic rings. The molecule has 0 amide bonds. The monoisotopic (exact) mass is 386 g/mol. The second-order valence-electron chi connectivity index (χ2n) is 6.44. The van der Waals surface area contributed by atoms with Crippen molar-refractivity contribution < 1.29 is 14.2 Å². The molecule has 4 rings (SSSR count). The molecule has 0 aliphatic carbocycles. The number of aromatic hydroxyl groups is 1. The van der Waals surface area contributed by atoms with E-state index in [2.05, 4.69) is 4.99 Å². The normalized spacial score (nSPS) is 11.1. The van der Waals surface area contributed by atoms with Gasteiger partial charge in [0.25, 0.3) is 0 Å². The lowest BCUT2D eigenvalue weighted by atomic mass is 10.1. The Morgan fingerprint density at radius 1 is 0.931 bits per heavy atom. The molecular weight excluding hydrogens is 367 g/mol. The number of halogens is 1. The van der Waals surface area contributed by atoms with Gasteiger partial charge in [-0.2, -0.15) is 0 Å². The molecule has 144 valence electrons. The third-order valence-corrected chi connectivity index (χ3v) is 4.60. The zero-order chi connectivity index (χ0) is 20.2. The topological polar surface area (TPSA) is 46.8 Å². The van der Waals surface area contributed by atoms with Gasteiger partial charge in [0.2, 0.25) is 0 Å². The molecule has 3 aromatic carbocycles. The van der Waals surface area contributed by atoms with Crippen LogP contribution in [0.15, 0.2) is 89.9 Å². The van der Waals surface area contributed by atoms with Crippen molar-refractivity contribution in [3.63, 3.8) is 0 Å². The number of aromatic nitrogens is 1. The molecule has 1 aromatic heterocycles. The Morgan fingerprint density at radius 2 is 1.62 bits per heavy atom. The highest BCUT2D eigenvalue weighted by atomic mass is 19.1. The van der Waals surface area contributed by atoms with Gasteiger partial charge < -0.3 is 9.84 Å². The van der Waals surface area contributed by atoms with Crippen molar-refractivity contribution in [2.24, 2.45) is 4.99 Å². The minimum atomic E-state index is -0.313. The van der Waals surface area contributed by atoms with Crippen molar-refractivity contribution in [2.45, 2.75) is 0 Å². The van der Waals surface area contributed by atoms with E-state index in [1.54, 1.807) is 36.1 Å².